The number of rotatable bonds is 4. The van der Waals surface area contributed by atoms with Gasteiger partial charge in [-0.2, -0.15) is 18.3 Å². The van der Waals surface area contributed by atoms with Gasteiger partial charge in [-0.25, -0.2) is 0 Å². The summed E-state index contributed by atoms with van der Waals surface area (Å²) in [5, 5.41) is 14.0. The highest BCUT2D eigenvalue weighted by molar-refractivity contribution is 6.39. The molecule has 0 saturated heterocycles. The molecule has 2 aromatic rings. The number of hydrazone groups is 1. The van der Waals surface area contributed by atoms with Gasteiger partial charge in [0.05, 0.1) is 38.0 Å². The van der Waals surface area contributed by atoms with E-state index in [0.717, 1.165) is 6.21 Å². The van der Waals surface area contributed by atoms with Crippen molar-refractivity contribution in [1.29, 1.82) is 0 Å². The molecule has 2 aromatic carbocycles. The summed E-state index contributed by atoms with van der Waals surface area (Å²) in [6.07, 6.45) is -3.44. The van der Waals surface area contributed by atoms with E-state index >= 15 is 0 Å². The maximum Gasteiger partial charge on any atom is 0.416 e. The number of para-hydroxylation sites is 1. The maximum atomic E-state index is 12.6. The molecule has 0 aliphatic heterocycles. The summed E-state index contributed by atoms with van der Waals surface area (Å²) in [6, 6.07) is 7.23. The third-order valence-electron chi connectivity index (χ3n) is 2.88. The Balaban J connectivity index is 2.26. The lowest BCUT2D eigenvalue weighted by atomic mass is 10.2. The minimum absolute atomic E-state index is 0.0406. The first kappa shape index (κ1) is 18.0. The van der Waals surface area contributed by atoms with E-state index in [1.807, 2.05) is 0 Å². The number of alkyl halides is 3. The molecule has 2 rings (SSSR count). The Morgan fingerprint density at radius 1 is 1.17 bits per heavy atom. The van der Waals surface area contributed by atoms with Crippen LogP contribution in [0.15, 0.2) is 41.5 Å². The van der Waals surface area contributed by atoms with Crippen LogP contribution >= 0.6 is 23.2 Å². The average Bonchev–Trinajstić information content (AvgIpc) is 2.49. The predicted molar refractivity (Wildman–Crippen MR) is 85.8 cm³/mol. The van der Waals surface area contributed by atoms with Crippen LogP contribution in [0.4, 0.5) is 24.5 Å². The van der Waals surface area contributed by atoms with Gasteiger partial charge in [-0.15, -0.1) is 0 Å². The summed E-state index contributed by atoms with van der Waals surface area (Å²) in [7, 11) is 0. The van der Waals surface area contributed by atoms with Crippen LogP contribution in [0.3, 0.4) is 0 Å². The minimum Gasteiger partial charge on any atom is -0.275 e. The Morgan fingerprint density at radius 2 is 1.75 bits per heavy atom. The van der Waals surface area contributed by atoms with Gasteiger partial charge in [-0.3, -0.25) is 15.5 Å². The number of hydrogen-bond donors (Lipinski definition) is 1. The van der Waals surface area contributed by atoms with E-state index < -0.39 is 16.7 Å². The van der Waals surface area contributed by atoms with Crippen molar-refractivity contribution in [3.63, 3.8) is 0 Å². The van der Waals surface area contributed by atoms with Crippen LogP contribution in [-0.4, -0.2) is 11.1 Å². The van der Waals surface area contributed by atoms with Gasteiger partial charge in [0.15, 0.2) is 0 Å². The number of nitro benzene ring substituents is 1. The highest BCUT2D eigenvalue weighted by atomic mass is 35.5. The molecule has 10 heteroatoms. The van der Waals surface area contributed by atoms with Gasteiger partial charge >= 0.3 is 6.18 Å². The van der Waals surface area contributed by atoms with E-state index in [1.165, 1.54) is 18.2 Å². The molecular formula is C14H8Cl2F3N3O2. The number of benzene rings is 2. The summed E-state index contributed by atoms with van der Waals surface area (Å²) < 4.78 is 37.9. The molecule has 0 amide bonds. The van der Waals surface area contributed by atoms with E-state index in [2.05, 4.69) is 10.5 Å². The first-order valence-electron chi connectivity index (χ1n) is 6.29. The Bertz CT molecular complexity index is 787. The molecule has 0 atom stereocenters. The first-order chi connectivity index (χ1) is 11.2. The Kier molecular flexibility index (Phi) is 5.30. The normalized spacial score (nSPS) is 11.7. The van der Waals surface area contributed by atoms with E-state index in [1.54, 1.807) is 6.07 Å². The molecule has 0 fully saturated rings. The lowest BCUT2D eigenvalue weighted by Crippen LogP contribution is -2.05. The quantitative estimate of drug-likeness (QED) is 0.442. The van der Waals surface area contributed by atoms with Gasteiger partial charge in [0.2, 0.25) is 0 Å². The van der Waals surface area contributed by atoms with Gasteiger partial charge in [0, 0.05) is 6.07 Å². The van der Waals surface area contributed by atoms with Crippen LogP contribution in [0, 0.1) is 10.1 Å². The van der Waals surface area contributed by atoms with Crippen LogP contribution < -0.4 is 5.43 Å². The molecule has 0 spiro atoms. The molecule has 5 nitrogen and oxygen atoms in total. The number of anilines is 1. The summed E-state index contributed by atoms with van der Waals surface area (Å²) in [5.41, 5.74) is 1.38. The van der Waals surface area contributed by atoms with Crippen LogP contribution in [0.1, 0.15) is 11.1 Å². The van der Waals surface area contributed by atoms with Crippen molar-refractivity contribution < 1.29 is 18.1 Å². The van der Waals surface area contributed by atoms with E-state index in [4.69, 9.17) is 23.2 Å². The van der Waals surface area contributed by atoms with E-state index in [0.29, 0.717) is 12.1 Å². The lowest BCUT2D eigenvalue weighted by Gasteiger charge is -2.11. The fraction of sp³-hybridized carbons (Fsp3) is 0.0714. The van der Waals surface area contributed by atoms with Gasteiger partial charge in [-0.1, -0.05) is 35.3 Å². The Morgan fingerprint density at radius 3 is 2.29 bits per heavy atom. The fourth-order valence-corrected chi connectivity index (χ4v) is 2.34. The minimum atomic E-state index is -4.58. The molecule has 24 heavy (non-hydrogen) atoms. The van der Waals surface area contributed by atoms with Crippen molar-refractivity contribution in [3.8, 4) is 0 Å². The summed E-state index contributed by atoms with van der Waals surface area (Å²) in [5.74, 6) is 0. The molecule has 126 valence electrons. The Labute approximate surface area is 143 Å². The van der Waals surface area contributed by atoms with Gasteiger partial charge in [0.1, 0.15) is 0 Å². The highest BCUT2D eigenvalue weighted by Crippen LogP contribution is 2.38. The second-order valence-corrected chi connectivity index (χ2v) is 5.31. The fourth-order valence-electron chi connectivity index (χ4n) is 1.77. The second kappa shape index (κ2) is 7.06. The van der Waals surface area contributed by atoms with Gasteiger partial charge in [0.25, 0.3) is 5.69 Å². The zero-order chi connectivity index (χ0) is 17.9. The van der Waals surface area contributed by atoms with Crippen LogP contribution in [0.5, 0.6) is 0 Å². The standard InChI is InChI=1S/C14H8Cl2F3N3O2/c15-10-5-9(14(17,18)19)6-11(16)13(10)21-20-7-8-3-1-2-4-12(8)22(23)24/h1-7,21H/b20-7-. The highest BCUT2D eigenvalue weighted by Gasteiger charge is 2.32. The smallest absolute Gasteiger partial charge is 0.275 e. The van der Waals surface area contributed by atoms with Crippen LogP contribution in [-0.2, 0) is 6.18 Å². The summed E-state index contributed by atoms with van der Waals surface area (Å²) in [6.45, 7) is 0. The zero-order valence-electron chi connectivity index (χ0n) is 11.6. The van der Waals surface area contributed by atoms with Crippen molar-refractivity contribution in [1.82, 2.24) is 0 Å². The van der Waals surface area contributed by atoms with Crippen molar-refractivity contribution in [2.75, 3.05) is 5.43 Å². The predicted octanol–water partition coefficient (Wildman–Crippen LogP) is 5.37. The van der Waals surface area contributed by atoms with Crippen molar-refractivity contribution >= 4 is 40.8 Å². The lowest BCUT2D eigenvalue weighted by molar-refractivity contribution is -0.385. The number of nitro groups is 1. The molecule has 0 saturated carbocycles. The van der Waals surface area contributed by atoms with E-state index in [-0.39, 0.29) is 27.0 Å². The Hall–Kier alpha value is -2.32. The number of nitrogens with zero attached hydrogens (tertiary/aromatic N) is 2. The molecule has 0 heterocycles. The van der Waals surface area contributed by atoms with Crippen molar-refractivity contribution in [3.05, 3.63) is 67.7 Å². The number of halogens is 5. The SMILES string of the molecule is O=[N+]([O-])c1ccccc1/C=N\Nc1c(Cl)cc(C(F)(F)F)cc1Cl. The zero-order valence-corrected chi connectivity index (χ0v) is 13.2. The summed E-state index contributed by atoms with van der Waals surface area (Å²) >= 11 is 11.6. The third kappa shape index (κ3) is 4.15. The average molecular weight is 378 g/mol. The molecule has 0 unspecified atom stereocenters. The van der Waals surface area contributed by atoms with Crippen molar-refractivity contribution in [2.24, 2.45) is 5.10 Å². The molecule has 0 radical (unpaired) electrons. The van der Waals surface area contributed by atoms with E-state index in [9.17, 15) is 23.3 Å². The molecule has 1 N–H and O–H groups in total. The molecule has 0 aliphatic rings. The maximum absolute atomic E-state index is 12.6. The molecule has 0 aliphatic carbocycles. The second-order valence-electron chi connectivity index (χ2n) is 4.50. The molecule has 0 aromatic heterocycles. The van der Waals surface area contributed by atoms with Crippen LogP contribution in [0.25, 0.3) is 0 Å². The third-order valence-corrected chi connectivity index (χ3v) is 3.48. The summed E-state index contributed by atoms with van der Waals surface area (Å²) in [4.78, 5) is 10.3. The molecule has 0 bridgehead atoms. The van der Waals surface area contributed by atoms with Crippen LogP contribution in [0.2, 0.25) is 10.0 Å². The number of nitrogens with one attached hydrogen (secondary N) is 1. The van der Waals surface area contributed by atoms with Crippen molar-refractivity contribution in [2.45, 2.75) is 6.18 Å². The molecular weight excluding hydrogens is 370 g/mol. The first-order valence-corrected chi connectivity index (χ1v) is 7.04. The number of hydrogen-bond acceptors (Lipinski definition) is 4. The topological polar surface area (TPSA) is 67.5 Å². The monoisotopic (exact) mass is 377 g/mol. The largest absolute Gasteiger partial charge is 0.416 e. The van der Waals surface area contributed by atoms with Gasteiger partial charge in [-0.05, 0) is 18.2 Å². The van der Waals surface area contributed by atoms with Gasteiger partial charge < -0.3 is 0 Å².